The Kier molecular flexibility index (Phi) is 6.05. The van der Waals surface area contributed by atoms with Crippen LogP contribution in [0.25, 0.3) is 0 Å². The fourth-order valence-corrected chi connectivity index (χ4v) is 2.27. The molecule has 1 atom stereocenters. The van der Waals surface area contributed by atoms with Crippen LogP contribution in [-0.2, 0) is 0 Å². The van der Waals surface area contributed by atoms with E-state index in [2.05, 4.69) is 26.6 Å². The molecular weight excluding hydrogens is 322 g/mol. The Bertz CT molecular complexity index is 425. The van der Waals surface area contributed by atoms with E-state index in [0.29, 0.717) is 4.47 Å². The van der Waals surface area contributed by atoms with Gasteiger partial charge in [0.05, 0.1) is 5.56 Å². The number of halogens is 3. The highest BCUT2D eigenvalue weighted by molar-refractivity contribution is 9.10. The lowest BCUT2D eigenvalue weighted by molar-refractivity contribution is 0.0926. The molecule has 1 fully saturated rings. The summed E-state index contributed by atoms with van der Waals surface area (Å²) in [7, 11) is 0. The predicted molar refractivity (Wildman–Crippen MR) is 74.7 cm³/mol. The average Bonchev–Trinajstić information content (AvgIpc) is 2.33. The van der Waals surface area contributed by atoms with Crippen molar-refractivity contribution in [2.24, 2.45) is 0 Å². The first-order chi connectivity index (χ1) is 8.16. The van der Waals surface area contributed by atoms with Crippen molar-refractivity contribution in [3.05, 3.63) is 34.1 Å². The number of hydrogen-bond acceptors (Lipinski definition) is 2. The second-order valence-corrected chi connectivity index (χ2v) is 5.06. The number of carbonyl (C=O) groups excluding carboxylic acids is 1. The Morgan fingerprint density at radius 2 is 2.28 bits per heavy atom. The third-order valence-corrected chi connectivity index (χ3v) is 3.30. The molecule has 3 nitrogen and oxygen atoms in total. The fraction of sp³-hybridized carbons (Fsp3) is 0.417. The number of hydrogen-bond donors (Lipinski definition) is 2. The van der Waals surface area contributed by atoms with Crippen LogP contribution < -0.4 is 10.6 Å². The maximum Gasteiger partial charge on any atom is 0.254 e. The zero-order valence-electron chi connectivity index (χ0n) is 9.71. The van der Waals surface area contributed by atoms with Crippen LogP contribution in [0.2, 0.25) is 0 Å². The second kappa shape index (κ2) is 7.07. The lowest BCUT2D eigenvalue weighted by Crippen LogP contribution is -2.45. The van der Waals surface area contributed by atoms with E-state index >= 15 is 0 Å². The molecule has 0 aromatic heterocycles. The van der Waals surface area contributed by atoms with Gasteiger partial charge in [-0.05, 0) is 37.6 Å². The van der Waals surface area contributed by atoms with E-state index in [0.717, 1.165) is 25.9 Å². The summed E-state index contributed by atoms with van der Waals surface area (Å²) in [5.74, 6) is -0.841. The summed E-state index contributed by atoms with van der Waals surface area (Å²) in [6.07, 6.45) is 1.97. The van der Waals surface area contributed by atoms with Crippen LogP contribution in [0.3, 0.4) is 0 Å². The lowest BCUT2D eigenvalue weighted by Gasteiger charge is -2.23. The van der Waals surface area contributed by atoms with Gasteiger partial charge in [-0.2, -0.15) is 0 Å². The van der Waals surface area contributed by atoms with Crippen LogP contribution in [0.15, 0.2) is 22.7 Å². The summed E-state index contributed by atoms with van der Waals surface area (Å²) in [6, 6.07) is 4.46. The number of nitrogens with one attached hydrogen (secondary N) is 2. The molecule has 1 amide bonds. The van der Waals surface area contributed by atoms with Gasteiger partial charge in [-0.1, -0.05) is 15.9 Å². The smallest absolute Gasteiger partial charge is 0.254 e. The van der Waals surface area contributed by atoms with Crippen molar-refractivity contribution in [3.63, 3.8) is 0 Å². The summed E-state index contributed by atoms with van der Waals surface area (Å²) in [5, 5.41) is 6.04. The molecule has 1 aromatic rings. The molecule has 1 saturated heterocycles. The molecule has 1 aliphatic rings. The van der Waals surface area contributed by atoms with Gasteiger partial charge in [0.25, 0.3) is 5.91 Å². The van der Waals surface area contributed by atoms with Crippen LogP contribution in [0.5, 0.6) is 0 Å². The van der Waals surface area contributed by atoms with Gasteiger partial charge in [0.1, 0.15) is 5.82 Å². The predicted octanol–water partition coefficient (Wildman–Crippen LogP) is 2.49. The molecule has 6 heteroatoms. The minimum atomic E-state index is -0.491. The van der Waals surface area contributed by atoms with E-state index in [1.807, 2.05) is 0 Å². The van der Waals surface area contributed by atoms with Gasteiger partial charge in [-0.15, -0.1) is 12.4 Å². The molecule has 0 aliphatic carbocycles. The zero-order valence-corrected chi connectivity index (χ0v) is 12.1. The first-order valence-electron chi connectivity index (χ1n) is 5.63. The van der Waals surface area contributed by atoms with E-state index in [4.69, 9.17) is 0 Å². The molecule has 0 spiro atoms. The van der Waals surface area contributed by atoms with Crippen LogP contribution in [0.4, 0.5) is 4.39 Å². The molecule has 0 radical (unpaired) electrons. The highest BCUT2D eigenvalue weighted by Gasteiger charge is 2.18. The number of carbonyl (C=O) groups is 1. The second-order valence-electron chi connectivity index (χ2n) is 4.14. The Morgan fingerprint density at radius 1 is 1.50 bits per heavy atom. The lowest BCUT2D eigenvalue weighted by atomic mass is 10.1. The first-order valence-corrected chi connectivity index (χ1v) is 6.43. The van der Waals surface area contributed by atoms with Crippen molar-refractivity contribution in [3.8, 4) is 0 Å². The maximum atomic E-state index is 13.5. The normalized spacial score (nSPS) is 18.9. The molecule has 1 aromatic carbocycles. The van der Waals surface area contributed by atoms with E-state index in [9.17, 15) is 9.18 Å². The summed E-state index contributed by atoms with van der Waals surface area (Å²) in [6.45, 7) is 1.74. The SMILES string of the molecule is Cl.O=C(N[C@@H]1CCCNC1)c1cc(Br)ccc1F. The van der Waals surface area contributed by atoms with Gasteiger partial charge in [0.15, 0.2) is 0 Å². The maximum absolute atomic E-state index is 13.5. The van der Waals surface area contributed by atoms with Crippen LogP contribution in [0, 0.1) is 5.82 Å². The quantitative estimate of drug-likeness (QED) is 0.870. The average molecular weight is 338 g/mol. The van der Waals surface area contributed by atoms with Crippen molar-refractivity contribution in [1.82, 2.24) is 10.6 Å². The van der Waals surface area contributed by atoms with Crippen molar-refractivity contribution in [1.29, 1.82) is 0 Å². The van der Waals surface area contributed by atoms with Gasteiger partial charge >= 0.3 is 0 Å². The number of benzene rings is 1. The largest absolute Gasteiger partial charge is 0.348 e. The highest BCUT2D eigenvalue weighted by Crippen LogP contribution is 2.16. The molecular formula is C12H15BrClFN2O. The topological polar surface area (TPSA) is 41.1 Å². The van der Waals surface area contributed by atoms with Crippen molar-refractivity contribution in [2.45, 2.75) is 18.9 Å². The Labute approximate surface area is 120 Å². The summed E-state index contributed by atoms with van der Waals surface area (Å²) in [5.41, 5.74) is 0.0879. The van der Waals surface area contributed by atoms with E-state index < -0.39 is 5.82 Å². The van der Waals surface area contributed by atoms with Crippen LogP contribution >= 0.6 is 28.3 Å². The molecule has 0 unspecified atom stereocenters. The number of amides is 1. The highest BCUT2D eigenvalue weighted by atomic mass is 79.9. The Balaban J connectivity index is 0.00000162. The fourth-order valence-electron chi connectivity index (χ4n) is 1.91. The Morgan fingerprint density at radius 3 is 2.94 bits per heavy atom. The van der Waals surface area contributed by atoms with Crippen LogP contribution in [0.1, 0.15) is 23.2 Å². The minimum Gasteiger partial charge on any atom is -0.348 e. The number of piperidine rings is 1. The number of rotatable bonds is 2. The monoisotopic (exact) mass is 336 g/mol. The summed E-state index contributed by atoms with van der Waals surface area (Å²) >= 11 is 3.23. The Hall–Kier alpha value is -0.650. The van der Waals surface area contributed by atoms with E-state index in [-0.39, 0.29) is 29.9 Å². The molecule has 0 saturated carbocycles. The molecule has 100 valence electrons. The third kappa shape index (κ3) is 3.93. The molecule has 2 N–H and O–H groups in total. The minimum absolute atomic E-state index is 0. The molecule has 18 heavy (non-hydrogen) atoms. The van der Waals surface area contributed by atoms with Crippen LogP contribution in [-0.4, -0.2) is 25.0 Å². The van der Waals surface area contributed by atoms with Gasteiger partial charge in [0, 0.05) is 17.1 Å². The summed E-state index contributed by atoms with van der Waals surface area (Å²) < 4.78 is 14.2. The van der Waals surface area contributed by atoms with E-state index in [1.54, 1.807) is 6.07 Å². The van der Waals surface area contributed by atoms with Crippen molar-refractivity contribution < 1.29 is 9.18 Å². The van der Waals surface area contributed by atoms with Gasteiger partial charge in [0.2, 0.25) is 0 Å². The standard InChI is InChI=1S/C12H14BrFN2O.ClH/c13-8-3-4-11(14)10(6-8)12(17)16-9-2-1-5-15-7-9;/h3-4,6,9,15H,1-2,5,7H2,(H,16,17);1H/t9-;/m1./s1. The van der Waals surface area contributed by atoms with E-state index in [1.165, 1.54) is 12.1 Å². The van der Waals surface area contributed by atoms with Gasteiger partial charge in [-0.3, -0.25) is 4.79 Å². The third-order valence-electron chi connectivity index (χ3n) is 2.81. The van der Waals surface area contributed by atoms with Crippen molar-refractivity contribution >= 4 is 34.2 Å². The zero-order chi connectivity index (χ0) is 12.3. The molecule has 0 bridgehead atoms. The summed E-state index contributed by atoms with van der Waals surface area (Å²) in [4.78, 5) is 11.9. The van der Waals surface area contributed by atoms with Gasteiger partial charge in [-0.25, -0.2) is 4.39 Å². The van der Waals surface area contributed by atoms with Gasteiger partial charge < -0.3 is 10.6 Å². The molecule has 1 aliphatic heterocycles. The first kappa shape index (κ1) is 15.4. The van der Waals surface area contributed by atoms with Crippen molar-refractivity contribution in [2.75, 3.05) is 13.1 Å². The molecule has 1 heterocycles. The molecule has 2 rings (SSSR count).